The van der Waals surface area contributed by atoms with Gasteiger partial charge in [-0.2, -0.15) is 0 Å². The molecule has 0 aromatic carbocycles. The molecule has 0 saturated heterocycles. The number of ether oxygens (including phenoxy) is 2. The SMILES string of the molecule is COC(=O)C1(C)C=C(OC)C=CN1. The summed E-state index contributed by atoms with van der Waals surface area (Å²) < 4.78 is 9.66. The number of carbonyl (C=O) groups excluding carboxylic acids is 1. The molecule has 0 aliphatic carbocycles. The molecule has 0 amide bonds. The number of allylic oxidation sites excluding steroid dienone is 1. The summed E-state index contributed by atoms with van der Waals surface area (Å²) in [4.78, 5) is 11.3. The van der Waals surface area contributed by atoms with Crippen LogP contribution in [0.1, 0.15) is 6.92 Å². The Morgan fingerprint density at radius 2 is 2.23 bits per heavy atom. The molecular formula is C9H13NO3. The average Bonchev–Trinajstić information content (AvgIpc) is 2.16. The molecule has 13 heavy (non-hydrogen) atoms. The van der Waals surface area contributed by atoms with Crippen molar-refractivity contribution in [3.8, 4) is 0 Å². The molecule has 1 N–H and O–H groups in total. The third kappa shape index (κ3) is 1.83. The van der Waals surface area contributed by atoms with E-state index in [1.165, 1.54) is 7.11 Å². The predicted octanol–water partition coefficient (Wildman–Crippen LogP) is 0.565. The Labute approximate surface area is 77.2 Å². The van der Waals surface area contributed by atoms with Crippen molar-refractivity contribution in [1.29, 1.82) is 0 Å². The smallest absolute Gasteiger partial charge is 0.335 e. The van der Waals surface area contributed by atoms with Crippen LogP contribution in [0, 0.1) is 0 Å². The van der Waals surface area contributed by atoms with E-state index in [9.17, 15) is 4.79 Å². The molecule has 1 heterocycles. The summed E-state index contributed by atoms with van der Waals surface area (Å²) in [7, 11) is 2.91. The van der Waals surface area contributed by atoms with Crippen molar-refractivity contribution in [2.75, 3.05) is 14.2 Å². The lowest BCUT2D eigenvalue weighted by Crippen LogP contribution is -2.47. The third-order valence-electron chi connectivity index (χ3n) is 1.91. The van der Waals surface area contributed by atoms with Crippen LogP contribution < -0.4 is 5.32 Å². The van der Waals surface area contributed by atoms with Gasteiger partial charge in [0.2, 0.25) is 0 Å². The molecule has 0 aromatic heterocycles. The minimum atomic E-state index is -0.825. The molecule has 1 aliphatic rings. The Hall–Kier alpha value is -1.45. The van der Waals surface area contributed by atoms with Gasteiger partial charge in [0.05, 0.1) is 14.2 Å². The van der Waals surface area contributed by atoms with Gasteiger partial charge >= 0.3 is 5.97 Å². The quantitative estimate of drug-likeness (QED) is 0.636. The zero-order valence-electron chi connectivity index (χ0n) is 7.96. The summed E-state index contributed by atoms with van der Waals surface area (Å²) in [5.74, 6) is 0.304. The summed E-state index contributed by atoms with van der Waals surface area (Å²) >= 11 is 0. The zero-order chi connectivity index (χ0) is 9.90. The highest BCUT2D eigenvalue weighted by molar-refractivity contribution is 5.83. The van der Waals surface area contributed by atoms with Crippen molar-refractivity contribution < 1.29 is 14.3 Å². The van der Waals surface area contributed by atoms with Crippen LogP contribution in [-0.2, 0) is 14.3 Å². The number of carbonyl (C=O) groups is 1. The van der Waals surface area contributed by atoms with Gasteiger partial charge in [0.25, 0.3) is 0 Å². The topological polar surface area (TPSA) is 47.6 Å². The molecule has 72 valence electrons. The van der Waals surface area contributed by atoms with E-state index < -0.39 is 5.54 Å². The van der Waals surface area contributed by atoms with Gasteiger partial charge in [0.1, 0.15) is 5.76 Å². The van der Waals surface area contributed by atoms with Crippen LogP contribution in [0.15, 0.2) is 24.1 Å². The maximum atomic E-state index is 11.3. The van der Waals surface area contributed by atoms with E-state index in [2.05, 4.69) is 10.1 Å². The second kappa shape index (κ2) is 3.51. The molecule has 1 atom stereocenters. The van der Waals surface area contributed by atoms with Gasteiger partial charge in [0.15, 0.2) is 5.54 Å². The molecule has 0 bridgehead atoms. The highest BCUT2D eigenvalue weighted by atomic mass is 16.5. The first-order chi connectivity index (χ1) is 6.12. The van der Waals surface area contributed by atoms with Crippen LogP contribution in [-0.4, -0.2) is 25.7 Å². The largest absolute Gasteiger partial charge is 0.497 e. The highest BCUT2D eigenvalue weighted by Crippen LogP contribution is 2.16. The average molecular weight is 183 g/mol. The lowest BCUT2D eigenvalue weighted by Gasteiger charge is -2.26. The van der Waals surface area contributed by atoms with Crippen LogP contribution in [0.5, 0.6) is 0 Å². The van der Waals surface area contributed by atoms with Crippen molar-refractivity contribution in [1.82, 2.24) is 5.32 Å². The van der Waals surface area contributed by atoms with Crippen LogP contribution in [0.25, 0.3) is 0 Å². The Kier molecular flexibility index (Phi) is 2.60. The molecule has 0 saturated carbocycles. The first kappa shape index (κ1) is 9.64. The summed E-state index contributed by atoms with van der Waals surface area (Å²) in [5.41, 5.74) is -0.825. The number of dihydropyridines is 1. The van der Waals surface area contributed by atoms with Crippen LogP contribution >= 0.6 is 0 Å². The van der Waals surface area contributed by atoms with E-state index in [1.54, 1.807) is 32.4 Å². The van der Waals surface area contributed by atoms with E-state index in [1.807, 2.05) is 0 Å². The molecule has 0 fully saturated rings. The van der Waals surface area contributed by atoms with Gasteiger partial charge in [-0.05, 0) is 19.1 Å². The van der Waals surface area contributed by atoms with Crippen molar-refractivity contribution >= 4 is 5.97 Å². The zero-order valence-corrected chi connectivity index (χ0v) is 7.96. The van der Waals surface area contributed by atoms with E-state index in [0.29, 0.717) is 5.76 Å². The Morgan fingerprint density at radius 3 is 2.77 bits per heavy atom. The molecule has 0 spiro atoms. The fourth-order valence-electron chi connectivity index (χ4n) is 1.13. The maximum Gasteiger partial charge on any atom is 0.335 e. The minimum absolute atomic E-state index is 0.341. The molecule has 1 aliphatic heterocycles. The van der Waals surface area contributed by atoms with Gasteiger partial charge in [-0.15, -0.1) is 0 Å². The predicted molar refractivity (Wildman–Crippen MR) is 47.8 cm³/mol. The Bertz CT molecular complexity index is 270. The number of esters is 1. The first-order valence-electron chi connectivity index (χ1n) is 3.92. The second-order valence-electron chi connectivity index (χ2n) is 2.92. The van der Waals surface area contributed by atoms with Crippen molar-refractivity contribution in [2.45, 2.75) is 12.5 Å². The summed E-state index contributed by atoms with van der Waals surface area (Å²) in [6.45, 7) is 1.72. The molecule has 1 unspecified atom stereocenters. The molecule has 0 radical (unpaired) electrons. The number of methoxy groups -OCH3 is 2. The van der Waals surface area contributed by atoms with E-state index in [4.69, 9.17) is 4.74 Å². The minimum Gasteiger partial charge on any atom is -0.497 e. The fraction of sp³-hybridized carbons (Fsp3) is 0.444. The van der Waals surface area contributed by atoms with Crippen LogP contribution in [0.3, 0.4) is 0 Å². The summed E-state index contributed by atoms with van der Waals surface area (Å²) in [6, 6.07) is 0. The number of hydrogen-bond donors (Lipinski definition) is 1. The number of rotatable bonds is 2. The van der Waals surface area contributed by atoms with E-state index >= 15 is 0 Å². The molecule has 0 aromatic rings. The van der Waals surface area contributed by atoms with Crippen LogP contribution in [0.4, 0.5) is 0 Å². The lowest BCUT2D eigenvalue weighted by molar-refractivity contribution is -0.145. The van der Waals surface area contributed by atoms with Gasteiger partial charge in [-0.1, -0.05) is 0 Å². The first-order valence-corrected chi connectivity index (χ1v) is 3.92. The third-order valence-corrected chi connectivity index (χ3v) is 1.91. The Balaban J connectivity index is 2.88. The van der Waals surface area contributed by atoms with Crippen molar-refractivity contribution in [3.63, 3.8) is 0 Å². The number of nitrogens with one attached hydrogen (secondary N) is 1. The van der Waals surface area contributed by atoms with Crippen molar-refractivity contribution in [2.24, 2.45) is 0 Å². The van der Waals surface area contributed by atoms with Gasteiger partial charge in [-0.25, -0.2) is 4.79 Å². The number of hydrogen-bond acceptors (Lipinski definition) is 4. The van der Waals surface area contributed by atoms with Gasteiger partial charge in [-0.3, -0.25) is 0 Å². The standard InChI is InChI=1S/C9H13NO3/c1-9(8(11)13-3)6-7(12-2)4-5-10-9/h4-6,10H,1-3H3. The summed E-state index contributed by atoms with van der Waals surface area (Å²) in [5, 5.41) is 2.90. The maximum absolute atomic E-state index is 11.3. The van der Waals surface area contributed by atoms with Crippen LogP contribution in [0.2, 0.25) is 0 Å². The van der Waals surface area contributed by atoms with Crippen molar-refractivity contribution in [3.05, 3.63) is 24.1 Å². The summed E-state index contributed by atoms with van der Waals surface area (Å²) in [6.07, 6.45) is 5.08. The lowest BCUT2D eigenvalue weighted by atomic mass is 10.00. The highest BCUT2D eigenvalue weighted by Gasteiger charge is 2.33. The molecular weight excluding hydrogens is 170 g/mol. The Morgan fingerprint density at radius 1 is 1.54 bits per heavy atom. The molecule has 4 nitrogen and oxygen atoms in total. The molecule has 1 rings (SSSR count). The van der Waals surface area contributed by atoms with E-state index in [-0.39, 0.29) is 5.97 Å². The van der Waals surface area contributed by atoms with E-state index in [0.717, 1.165) is 0 Å². The van der Waals surface area contributed by atoms with Gasteiger partial charge < -0.3 is 14.8 Å². The fourth-order valence-corrected chi connectivity index (χ4v) is 1.13. The van der Waals surface area contributed by atoms with Gasteiger partial charge in [0, 0.05) is 6.20 Å². The second-order valence-corrected chi connectivity index (χ2v) is 2.92. The normalized spacial score (nSPS) is 25.9. The molecule has 4 heteroatoms. The monoisotopic (exact) mass is 183 g/mol.